The Labute approximate surface area is 852 Å². The van der Waals surface area contributed by atoms with Gasteiger partial charge in [0.1, 0.15) is 42.3 Å². The van der Waals surface area contributed by atoms with Crippen LogP contribution in [0.15, 0.2) is 0 Å². The minimum Gasteiger partial charge on any atom is -0.481 e. The number of nitrogens with zero attached hydrogens (tertiary/aromatic N) is 4. The first kappa shape index (κ1) is 126. The van der Waals surface area contributed by atoms with Crippen LogP contribution in [-0.4, -0.2) is 285 Å². The van der Waals surface area contributed by atoms with E-state index in [-0.39, 0.29) is 101 Å². The van der Waals surface area contributed by atoms with E-state index in [4.69, 9.17) is 0 Å². The Morgan fingerprint density at radius 2 is 0.458 bits per heavy atom. The smallest absolute Gasteiger partial charge is 0.318 e. The van der Waals surface area contributed by atoms with Crippen LogP contribution in [0.25, 0.3) is 0 Å². The van der Waals surface area contributed by atoms with E-state index in [1.165, 1.54) is 71.0 Å². The van der Waals surface area contributed by atoms with Crippen molar-refractivity contribution >= 4 is 118 Å². The van der Waals surface area contributed by atoms with E-state index in [2.05, 4.69) is 91.5 Å². The molecule has 0 aromatic heterocycles. The van der Waals surface area contributed by atoms with Crippen LogP contribution in [0.2, 0.25) is 0 Å². The summed E-state index contributed by atoms with van der Waals surface area (Å²) in [6.07, 6.45) is 35.3. The number of nitrogens with one attached hydrogen (secondary N) is 12. The highest BCUT2D eigenvalue weighted by molar-refractivity contribution is 5.98. The van der Waals surface area contributed by atoms with Crippen LogP contribution in [0.4, 0.5) is 4.79 Å². The minimum absolute atomic E-state index is 0.129. The lowest BCUT2D eigenvalue weighted by Gasteiger charge is -2.27. The van der Waals surface area contributed by atoms with Crippen molar-refractivity contribution in [2.75, 3.05) is 78.5 Å². The maximum atomic E-state index is 15.1. The number of ketones is 1. The van der Waals surface area contributed by atoms with E-state index >= 15 is 9.59 Å². The predicted octanol–water partition coefficient (Wildman–Crippen LogP) is 9.61. The zero-order valence-electron chi connectivity index (χ0n) is 87.0. The number of amides is 16. The van der Waals surface area contributed by atoms with Gasteiger partial charge in [-0.25, -0.2) is 4.79 Å². The van der Waals surface area contributed by atoms with Gasteiger partial charge in [0.2, 0.25) is 82.7 Å². The number of hydrogen-bond acceptors (Lipinski definition) is 20. The molecule has 16 N–H and O–H groups in total. The Morgan fingerprint density at radius 1 is 0.243 bits per heavy atom. The number of carboxylic acid groups (broad SMARTS) is 4. The molecule has 40 nitrogen and oxygen atoms in total. The minimum atomic E-state index is -1.89. The molecule has 10 unspecified atom stereocenters. The molecule has 4 aliphatic heterocycles. The molecule has 10 atom stereocenters. The molecule has 0 spiro atoms. The fourth-order valence-electron chi connectivity index (χ4n) is 19.2. The van der Waals surface area contributed by atoms with Gasteiger partial charge in [0.05, 0.1) is 17.9 Å². The zero-order chi connectivity index (χ0) is 106. The lowest BCUT2D eigenvalue weighted by molar-refractivity contribution is -0.140. The van der Waals surface area contributed by atoms with E-state index < -0.39 is 259 Å². The molecule has 0 aromatic carbocycles. The van der Waals surface area contributed by atoms with E-state index in [1.807, 2.05) is 0 Å². The maximum Gasteiger partial charge on any atom is 0.318 e. The number of carbonyl (C=O) groups excluding carboxylic acids is 16. The Kier molecular flexibility index (Phi) is 66.4. The summed E-state index contributed by atoms with van der Waals surface area (Å²) in [6, 6.07) is -10.2. The highest BCUT2D eigenvalue weighted by Gasteiger charge is 2.43. The van der Waals surface area contributed by atoms with E-state index in [0.29, 0.717) is 64.3 Å². The normalized spacial score (nSPS) is 16.7. The molecule has 4 rings (SSSR count). The summed E-state index contributed by atoms with van der Waals surface area (Å²) in [5.74, 6) is -19.5. The highest BCUT2D eigenvalue weighted by Crippen LogP contribution is 2.28. The number of carboxylic acids is 4. The van der Waals surface area contributed by atoms with Crippen molar-refractivity contribution in [3.8, 4) is 0 Å². The summed E-state index contributed by atoms with van der Waals surface area (Å²) < 4.78 is 0. The predicted molar refractivity (Wildman–Crippen MR) is 542 cm³/mol. The Bertz CT molecular complexity index is 3710. The molecule has 144 heavy (non-hydrogen) atoms. The lowest BCUT2D eigenvalue weighted by atomic mass is 9.84. The van der Waals surface area contributed by atoms with Crippen LogP contribution in [0.1, 0.15) is 400 Å². The molecule has 0 aromatic rings. The molecule has 4 aliphatic rings. The van der Waals surface area contributed by atoms with Crippen molar-refractivity contribution in [1.82, 2.24) is 83.4 Å². The quantitative estimate of drug-likeness (QED) is 0.0252. The third kappa shape index (κ3) is 53.0. The second kappa shape index (κ2) is 76.0. The van der Waals surface area contributed by atoms with Gasteiger partial charge in [-0.3, -0.25) is 91.1 Å². The van der Waals surface area contributed by atoms with Crippen LogP contribution in [0.3, 0.4) is 0 Å². The Balaban J connectivity index is 1.66. The van der Waals surface area contributed by atoms with Crippen molar-refractivity contribution in [1.29, 1.82) is 0 Å². The van der Waals surface area contributed by atoms with Gasteiger partial charge in [-0.1, -0.05) is 233 Å². The number of hydrogen-bond donors (Lipinski definition) is 16. The number of Topliss-reactive ketones (excluding diaryl/α,β-unsaturated/α-hetero) is 1. The van der Waals surface area contributed by atoms with Gasteiger partial charge in [-0.2, -0.15) is 0 Å². The molecule has 818 valence electrons. The Hall–Kier alpha value is -10.6. The second-order valence-corrected chi connectivity index (χ2v) is 39.3. The summed E-state index contributed by atoms with van der Waals surface area (Å²) in [6.45, 7) is 6.15. The Morgan fingerprint density at radius 3 is 0.715 bits per heavy atom. The van der Waals surface area contributed by atoms with E-state index in [0.717, 1.165) is 154 Å². The van der Waals surface area contributed by atoms with E-state index in [9.17, 15) is 107 Å². The summed E-state index contributed by atoms with van der Waals surface area (Å²) >= 11 is 0. The van der Waals surface area contributed by atoms with Crippen molar-refractivity contribution < 1.29 is 116 Å². The molecular formula is C104H178N16O24. The SMILES string of the molecule is CCCCCCCCCCCC(=O)C1CCCN1C(=O)NC(CCC(=O)O)C(=O)NCCNC(=O)CC(C(=O)NCCNC(=O)C(CCC(=O)O)NC(=O)C1CCCN1C(=O)CCCCCCCCCCC)C(CC(=O)NCCNC(=O)C(CCC(=O)O)NC(=O)C1CCCN1C(=O)CCCCCCCCCCC)C(=O)NCCNC(=O)C(CCC(=O)O)NC(=O)C1CCCN1C(=O)CCCCCCCCCCC. The number of unbranched alkanes of at least 4 members (excludes halogenated alkanes) is 32. The van der Waals surface area contributed by atoms with Crippen molar-refractivity contribution in [2.45, 2.75) is 448 Å². The molecular weight excluding hydrogens is 1860 g/mol. The van der Waals surface area contributed by atoms with Gasteiger partial charge >= 0.3 is 29.9 Å². The summed E-state index contributed by atoms with van der Waals surface area (Å²) in [5, 5.41) is 70.1. The molecule has 0 bridgehead atoms. The van der Waals surface area contributed by atoms with Crippen LogP contribution in [0.5, 0.6) is 0 Å². The molecule has 0 saturated carbocycles. The van der Waals surface area contributed by atoms with Gasteiger partial charge in [0.25, 0.3) is 0 Å². The number of carbonyl (C=O) groups is 20. The average Bonchev–Trinajstić information content (AvgIpc) is 1.75. The molecule has 16 amide bonds. The van der Waals surface area contributed by atoms with Crippen molar-refractivity contribution in [3.05, 3.63) is 0 Å². The number of urea groups is 1. The summed E-state index contributed by atoms with van der Waals surface area (Å²) in [5.41, 5.74) is 0. The first-order chi connectivity index (χ1) is 69.3. The lowest BCUT2D eigenvalue weighted by Crippen LogP contribution is -2.54. The third-order valence-corrected chi connectivity index (χ3v) is 27.5. The van der Waals surface area contributed by atoms with Gasteiger partial charge < -0.3 is 104 Å². The van der Waals surface area contributed by atoms with Gasteiger partial charge in [0.15, 0.2) is 5.78 Å². The van der Waals surface area contributed by atoms with Crippen molar-refractivity contribution in [3.63, 3.8) is 0 Å². The van der Waals surface area contributed by atoms with E-state index in [1.54, 1.807) is 0 Å². The molecule has 4 heterocycles. The first-order valence-electron chi connectivity index (χ1n) is 54.8. The third-order valence-electron chi connectivity index (χ3n) is 27.5. The average molecular weight is 2040 g/mol. The van der Waals surface area contributed by atoms with Gasteiger partial charge in [-0.15, -0.1) is 0 Å². The van der Waals surface area contributed by atoms with Gasteiger partial charge in [0, 0.05) is 143 Å². The molecule has 4 saturated heterocycles. The zero-order valence-corrected chi connectivity index (χ0v) is 87.0. The van der Waals surface area contributed by atoms with Crippen LogP contribution in [0, 0.1) is 11.8 Å². The second-order valence-electron chi connectivity index (χ2n) is 39.3. The summed E-state index contributed by atoms with van der Waals surface area (Å²) in [4.78, 5) is 280. The largest absolute Gasteiger partial charge is 0.481 e. The number of likely N-dealkylation sites (tertiary alicyclic amines) is 4. The molecule has 0 aliphatic carbocycles. The highest BCUT2D eigenvalue weighted by atomic mass is 16.4. The first-order valence-corrected chi connectivity index (χ1v) is 54.8. The maximum absolute atomic E-state index is 15.1. The fourth-order valence-corrected chi connectivity index (χ4v) is 19.2. The molecule has 4 fully saturated rings. The molecule has 40 heteroatoms. The monoisotopic (exact) mass is 2040 g/mol. The fraction of sp³-hybridized carbons (Fsp3) is 0.808. The van der Waals surface area contributed by atoms with Crippen molar-refractivity contribution in [2.24, 2.45) is 11.8 Å². The van der Waals surface area contributed by atoms with Crippen LogP contribution in [-0.2, 0) is 91.1 Å². The summed E-state index contributed by atoms with van der Waals surface area (Å²) in [7, 11) is 0. The van der Waals surface area contributed by atoms with Gasteiger partial charge in [-0.05, 0) is 103 Å². The van der Waals surface area contributed by atoms with Crippen LogP contribution >= 0.6 is 0 Å². The number of aliphatic carboxylic acids is 4. The topological polar surface area (TPSA) is 580 Å². The van der Waals surface area contributed by atoms with Crippen LogP contribution < -0.4 is 63.8 Å². The molecule has 0 radical (unpaired) electrons. The number of rotatable bonds is 83. The standard InChI is InChI=1S/C104H178N16O24/c1-5-9-13-17-21-25-29-33-37-49-85(121)81-45-41-72-120(81)104(144)116-80(56-60-94(133)134)100(140)110-64-62-106-87(123)74-76(96(136)108-66-68-112-99(139)79(55-59-93(131)132)115-103(143)84-48-44-71-119(84)90(126)52-40-36-32-28-24-20-16-12-8-4)75(95(135)107-65-67-111-98(138)78(54-58-92(129)130)114-102(142)83-47-43-70-118(83)89(125)51-39-35-31-27-23-19-15-11-7-3)73-86(122)105-61-63-109-97(137)77(53-57-91(127)128)113-101(141)82-46-42-69-117(82)88(124)50-38-34-30-26-22-18-14-10-6-2/h75-84H,5-74H2,1-4H3,(H,105,122)(H,106,123)(H,107,135)(H,108,136)(H,109,137)(H,110,140)(H,111,138)(H,112,139)(H,113,141)(H,114,142)(H,115,143)(H,116,144)(H,127,128)(H,129,130)(H,131,132)(H,133,134).